The monoisotopic (exact) mass is 762 g/mol. The van der Waals surface area contributed by atoms with Crippen molar-refractivity contribution in [2.45, 2.75) is 35.5 Å². The first-order valence-electron chi connectivity index (χ1n) is 15.9. The average molecular weight is 763 g/mol. The normalized spacial score (nSPS) is 11.8. The summed E-state index contributed by atoms with van der Waals surface area (Å²) in [7, 11) is -11.2. The molecule has 0 bridgehead atoms. The van der Waals surface area contributed by atoms with Crippen LogP contribution in [0.15, 0.2) is 87.5 Å². The summed E-state index contributed by atoms with van der Waals surface area (Å²) in [4.78, 5) is 13.4. The highest BCUT2D eigenvalue weighted by molar-refractivity contribution is 7.90. The average Bonchev–Trinajstić information content (AvgIpc) is 3.09. The van der Waals surface area contributed by atoms with Crippen LogP contribution >= 0.6 is 0 Å². The summed E-state index contributed by atoms with van der Waals surface area (Å²) in [5, 5.41) is 18.1. The van der Waals surface area contributed by atoms with Crippen LogP contribution in [0, 0.1) is 0 Å². The van der Waals surface area contributed by atoms with Crippen molar-refractivity contribution >= 4 is 65.0 Å². The molecular formula is C30H42N12O6S3. The maximum atomic E-state index is 12.7. The fraction of sp³-hybridized carbons (Fsp3) is 0.300. The Balaban J connectivity index is 1.52. The van der Waals surface area contributed by atoms with Crippen molar-refractivity contribution in [3.63, 3.8) is 0 Å². The molecule has 21 heteroatoms. The molecule has 0 amide bonds. The molecule has 4 rings (SSSR count). The predicted octanol–water partition coefficient (Wildman–Crippen LogP) is 2.21. The van der Waals surface area contributed by atoms with Crippen molar-refractivity contribution in [1.82, 2.24) is 29.1 Å². The second-order valence-electron chi connectivity index (χ2n) is 10.4. The van der Waals surface area contributed by atoms with E-state index in [1.807, 2.05) is 0 Å². The van der Waals surface area contributed by atoms with Gasteiger partial charge in [-0.1, -0.05) is 57.2 Å². The zero-order chi connectivity index (χ0) is 36.9. The van der Waals surface area contributed by atoms with Gasteiger partial charge in [-0.2, -0.15) is 15.0 Å². The van der Waals surface area contributed by atoms with E-state index in [2.05, 4.69) is 61.0 Å². The van der Waals surface area contributed by atoms with Gasteiger partial charge in [0, 0.05) is 19.6 Å². The molecule has 0 unspecified atom stereocenters. The van der Waals surface area contributed by atoms with Gasteiger partial charge >= 0.3 is 0 Å². The predicted molar refractivity (Wildman–Crippen MR) is 198 cm³/mol. The highest BCUT2D eigenvalue weighted by atomic mass is 32.2. The summed E-state index contributed by atoms with van der Waals surface area (Å²) in [6.07, 6.45) is 0. The minimum Gasteiger partial charge on any atom is -0.367 e. The Kier molecular flexibility index (Phi) is 13.7. The summed E-state index contributed by atoms with van der Waals surface area (Å²) in [6, 6.07) is 19.3. The van der Waals surface area contributed by atoms with Gasteiger partial charge in [-0.05, 0) is 36.4 Å². The van der Waals surface area contributed by atoms with E-state index in [9.17, 15) is 25.3 Å². The molecule has 9 N–H and O–H groups in total. The van der Waals surface area contributed by atoms with Gasteiger partial charge in [-0.15, -0.1) is 0 Å². The molecule has 0 aliphatic carbocycles. The summed E-state index contributed by atoms with van der Waals surface area (Å²) in [5.74, 6) is 0.291. The number of benzene rings is 3. The van der Waals surface area contributed by atoms with Gasteiger partial charge in [0.2, 0.25) is 47.9 Å². The molecule has 0 atom stereocenters. The third-order valence-corrected chi connectivity index (χ3v) is 11.6. The quantitative estimate of drug-likeness (QED) is 0.0552. The Morgan fingerprint density at radius 1 is 0.412 bits per heavy atom. The lowest BCUT2D eigenvalue weighted by Crippen LogP contribution is -2.25. The highest BCUT2D eigenvalue weighted by Gasteiger charge is 2.19. The molecule has 18 nitrogen and oxygen atoms in total. The Labute approximate surface area is 298 Å². The maximum absolute atomic E-state index is 12.7. The number of anilines is 6. The zero-order valence-electron chi connectivity index (χ0n) is 28.2. The fourth-order valence-corrected chi connectivity index (χ4v) is 8.28. The molecule has 0 saturated heterocycles. The minimum atomic E-state index is -3.75. The Morgan fingerprint density at radius 3 is 0.922 bits per heavy atom. The van der Waals surface area contributed by atoms with E-state index < -0.39 is 30.1 Å². The number of nitrogens with zero attached hydrogens (tertiary/aromatic N) is 3. The molecule has 1 aromatic heterocycles. The topological polar surface area (TPSA) is 249 Å². The SMILES string of the molecule is CCNS(=O)(=O)c1ccccc1NCNc1nc(NCNc2ccccc2S(=O)(=O)NCC)nc(NCNc2ccccc2S(=O)(=O)NCC)n1. The van der Waals surface area contributed by atoms with Crippen molar-refractivity contribution in [2.75, 3.05) is 71.5 Å². The Hall–Kier alpha value is -4.80. The first kappa shape index (κ1) is 39.0. The van der Waals surface area contributed by atoms with Crippen molar-refractivity contribution in [3.8, 4) is 0 Å². The number of sulfonamides is 3. The second kappa shape index (κ2) is 17.9. The molecular weight excluding hydrogens is 721 g/mol. The third kappa shape index (κ3) is 10.8. The highest BCUT2D eigenvalue weighted by Crippen LogP contribution is 2.23. The molecule has 3 aromatic carbocycles. The number of aromatic nitrogens is 3. The van der Waals surface area contributed by atoms with Crippen LogP contribution in [0.2, 0.25) is 0 Å². The van der Waals surface area contributed by atoms with Crippen LogP contribution in [-0.2, 0) is 30.1 Å². The van der Waals surface area contributed by atoms with Gasteiger partial charge in [0.25, 0.3) is 0 Å². The van der Waals surface area contributed by atoms with E-state index in [4.69, 9.17) is 0 Å². The summed E-state index contributed by atoms with van der Waals surface area (Å²) < 4.78 is 83.6. The lowest BCUT2D eigenvalue weighted by Gasteiger charge is -2.16. The van der Waals surface area contributed by atoms with E-state index >= 15 is 0 Å². The van der Waals surface area contributed by atoms with E-state index in [0.717, 1.165) is 0 Å². The molecule has 0 radical (unpaired) electrons. The number of hydrogen-bond acceptors (Lipinski definition) is 15. The first-order valence-corrected chi connectivity index (χ1v) is 20.3. The number of para-hydroxylation sites is 3. The number of nitrogens with one attached hydrogen (secondary N) is 9. The van der Waals surface area contributed by atoms with Crippen molar-refractivity contribution < 1.29 is 25.3 Å². The van der Waals surface area contributed by atoms with Gasteiger partial charge in [-0.3, -0.25) is 0 Å². The van der Waals surface area contributed by atoms with Crippen molar-refractivity contribution in [3.05, 3.63) is 72.8 Å². The van der Waals surface area contributed by atoms with Crippen molar-refractivity contribution in [1.29, 1.82) is 0 Å². The molecule has 0 spiro atoms. The lowest BCUT2D eigenvalue weighted by molar-refractivity contribution is 0.582. The second-order valence-corrected chi connectivity index (χ2v) is 15.6. The van der Waals surface area contributed by atoms with Gasteiger partial charge in [0.1, 0.15) is 14.7 Å². The van der Waals surface area contributed by atoms with Gasteiger partial charge in [-0.25, -0.2) is 39.4 Å². The van der Waals surface area contributed by atoms with Gasteiger partial charge in [0.15, 0.2) is 0 Å². The van der Waals surface area contributed by atoms with Crippen LogP contribution in [-0.4, -0.2) is 79.8 Å². The zero-order valence-corrected chi connectivity index (χ0v) is 30.6. The van der Waals surface area contributed by atoms with E-state index in [-0.39, 0.29) is 72.2 Å². The largest absolute Gasteiger partial charge is 0.367 e. The molecule has 0 aliphatic rings. The standard InChI is InChI=1S/C30H42N12O6S3/c1-4-37-49(43,44)25-16-10-7-13-22(25)31-19-34-28-40-29(35-20-32-23-14-8-11-17-26(23)50(45,46)38-5-2)42-30(41-28)36-21-33-24-15-9-12-18-27(24)51(47,48)39-6-3/h7-18,31-33,37-39H,4-6,19-21H2,1-3H3,(H3,34,35,36,40,41,42). The van der Waals surface area contributed by atoms with Crippen LogP contribution in [0.25, 0.3) is 0 Å². The minimum absolute atomic E-state index is 0.0172. The summed E-state index contributed by atoms with van der Waals surface area (Å²) in [6.45, 7) is 5.79. The van der Waals surface area contributed by atoms with Crippen molar-refractivity contribution in [2.24, 2.45) is 0 Å². The number of hydrogen-bond donors (Lipinski definition) is 9. The van der Waals surface area contributed by atoms with Crippen LogP contribution in [0.1, 0.15) is 20.8 Å². The molecule has 0 aliphatic heterocycles. The molecule has 51 heavy (non-hydrogen) atoms. The maximum Gasteiger partial charge on any atom is 0.242 e. The Morgan fingerprint density at radius 2 is 0.667 bits per heavy atom. The summed E-state index contributed by atoms with van der Waals surface area (Å²) in [5.41, 5.74) is 1.05. The van der Waals surface area contributed by atoms with Crippen LogP contribution in [0.3, 0.4) is 0 Å². The third-order valence-electron chi connectivity index (χ3n) is 6.74. The van der Waals surface area contributed by atoms with Gasteiger partial charge in [0.05, 0.1) is 37.1 Å². The first-order chi connectivity index (χ1) is 24.4. The van der Waals surface area contributed by atoms with Crippen LogP contribution in [0.4, 0.5) is 34.9 Å². The van der Waals surface area contributed by atoms with Gasteiger partial charge < -0.3 is 31.9 Å². The lowest BCUT2D eigenvalue weighted by atomic mass is 10.3. The van der Waals surface area contributed by atoms with Crippen LogP contribution < -0.4 is 46.1 Å². The Bertz CT molecular complexity index is 1850. The number of rotatable bonds is 21. The molecule has 1 heterocycles. The molecule has 276 valence electrons. The van der Waals surface area contributed by atoms with E-state index in [1.54, 1.807) is 75.4 Å². The van der Waals surface area contributed by atoms with E-state index in [0.29, 0.717) is 17.1 Å². The van der Waals surface area contributed by atoms with E-state index in [1.165, 1.54) is 18.2 Å². The molecule has 0 saturated carbocycles. The smallest absolute Gasteiger partial charge is 0.242 e. The van der Waals surface area contributed by atoms with Crippen LogP contribution in [0.5, 0.6) is 0 Å². The summed E-state index contributed by atoms with van der Waals surface area (Å²) >= 11 is 0. The molecule has 0 fully saturated rings. The fourth-order valence-electron chi connectivity index (χ4n) is 4.61. The molecule has 4 aromatic rings.